The second-order valence-electron chi connectivity index (χ2n) is 5.37. The average Bonchev–Trinajstić information content (AvgIpc) is 3.10. The zero-order valence-electron chi connectivity index (χ0n) is 13.9. The Kier molecular flexibility index (Phi) is 6.09. The molecule has 3 aromatic rings. The van der Waals surface area contributed by atoms with E-state index in [-0.39, 0.29) is 11.7 Å². The molecule has 0 saturated heterocycles. The van der Waals surface area contributed by atoms with E-state index < -0.39 is 0 Å². The van der Waals surface area contributed by atoms with Gasteiger partial charge in [-0.1, -0.05) is 59.8 Å². The van der Waals surface area contributed by atoms with Crippen molar-refractivity contribution in [3.63, 3.8) is 0 Å². The highest BCUT2D eigenvalue weighted by Gasteiger charge is 2.17. The standard InChI is InChI=1S/C19H17ClN4OS/c1-2-12-21-17(25)13-26-19-23-22-18(14-6-4-3-5-7-14)24(19)16-10-8-15(20)9-11-16/h2-11H,1,12-13H2,(H,21,25). The zero-order chi connectivity index (χ0) is 18.4. The average molecular weight is 385 g/mol. The number of aromatic nitrogens is 3. The van der Waals surface area contributed by atoms with Gasteiger partial charge in [0.1, 0.15) is 0 Å². The number of hydrogen-bond donors (Lipinski definition) is 1. The third-order valence-corrected chi connectivity index (χ3v) is 4.71. The summed E-state index contributed by atoms with van der Waals surface area (Å²) in [4.78, 5) is 11.9. The number of amides is 1. The first kappa shape index (κ1) is 18.2. The van der Waals surface area contributed by atoms with Crippen LogP contribution in [-0.4, -0.2) is 33.0 Å². The molecule has 0 bridgehead atoms. The van der Waals surface area contributed by atoms with Crippen LogP contribution in [0.3, 0.4) is 0 Å². The number of benzene rings is 2. The van der Waals surface area contributed by atoms with Gasteiger partial charge in [0.15, 0.2) is 11.0 Å². The molecule has 0 aliphatic rings. The van der Waals surface area contributed by atoms with E-state index in [0.29, 0.717) is 22.5 Å². The number of carbonyl (C=O) groups is 1. The maximum Gasteiger partial charge on any atom is 0.230 e. The first-order valence-corrected chi connectivity index (χ1v) is 9.32. The van der Waals surface area contributed by atoms with Crippen LogP contribution in [0, 0.1) is 0 Å². The van der Waals surface area contributed by atoms with E-state index in [9.17, 15) is 4.79 Å². The lowest BCUT2D eigenvalue weighted by Gasteiger charge is -2.10. The second kappa shape index (κ2) is 8.69. The van der Waals surface area contributed by atoms with Crippen molar-refractivity contribution in [2.75, 3.05) is 12.3 Å². The highest BCUT2D eigenvalue weighted by molar-refractivity contribution is 7.99. The molecule has 3 rings (SSSR count). The summed E-state index contributed by atoms with van der Waals surface area (Å²) in [6.07, 6.45) is 1.65. The molecule has 1 amide bonds. The summed E-state index contributed by atoms with van der Waals surface area (Å²) in [5.41, 5.74) is 1.82. The third kappa shape index (κ3) is 4.33. The number of thioether (sulfide) groups is 1. The van der Waals surface area contributed by atoms with E-state index in [2.05, 4.69) is 22.1 Å². The number of hydrogen-bond acceptors (Lipinski definition) is 4. The van der Waals surface area contributed by atoms with Crippen molar-refractivity contribution in [3.05, 3.63) is 72.3 Å². The summed E-state index contributed by atoms with van der Waals surface area (Å²) >= 11 is 7.34. The monoisotopic (exact) mass is 384 g/mol. The first-order chi connectivity index (χ1) is 12.7. The Balaban J connectivity index is 1.94. The molecule has 132 valence electrons. The van der Waals surface area contributed by atoms with Crippen molar-refractivity contribution >= 4 is 29.3 Å². The van der Waals surface area contributed by atoms with Crippen LogP contribution in [0.15, 0.2) is 72.4 Å². The molecule has 5 nitrogen and oxygen atoms in total. The van der Waals surface area contributed by atoms with Crippen molar-refractivity contribution in [2.45, 2.75) is 5.16 Å². The molecular formula is C19H17ClN4OS. The van der Waals surface area contributed by atoms with Crippen molar-refractivity contribution in [1.82, 2.24) is 20.1 Å². The fourth-order valence-corrected chi connectivity index (χ4v) is 3.24. The summed E-state index contributed by atoms with van der Waals surface area (Å²) < 4.78 is 1.93. The lowest BCUT2D eigenvalue weighted by Crippen LogP contribution is -2.25. The molecule has 0 aliphatic carbocycles. The molecule has 7 heteroatoms. The summed E-state index contributed by atoms with van der Waals surface area (Å²) in [6, 6.07) is 17.2. The third-order valence-electron chi connectivity index (χ3n) is 3.53. The minimum atomic E-state index is -0.0817. The predicted octanol–water partition coefficient (Wildman–Crippen LogP) is 3.98. The molecule has 0 spiro atoms. The minimum Gasteiger partial charge on any atom is -0.352 e. The fraction of sp³-hybridized carbons (Fsp3) is 0.105. The first-order valence-electron chi connectivity index (χ1n) is 7.96. The summed E-state index contributed by atoms with van der Waals surface area (Å²) in [5, 5.41) is 12.7. The molecule has 2 aromatic carbocycles. The maximum absolute atomic E-state index is 11.9. The van der Waals surface area contributed by atoms with Crippen molar-refractivity contribution < 1.29 is 4.79 Å². The molecule has 0 aliphatic heterocycles. The molecule has 1 heterocycles. The van der Waals surface area contributed by atoms with E-state index >= 15 is 0 Å². The van der Waals surface area contributed by atoms with Crippen molar-refractivity contribution in [2.24, 2.45) is 0 Å². The second-order valence-corrected chi connectivity index (χ2v) is 6.74. The highest BCUT2D eigenvalue weighted by atomic mass is 35.5. The topological polar surface area (TPSA) is 59.8 Å². The summed E-state index contributed by atoms with van der Waals surface area (Å²) in [7, 11) is 0. The van der Waals surface area contributed by atoms with Gasteiger partial charge in [0.05, 0.1) is 5.75 Å². The molecule has 0 atom stereocenters. The van der Waals surface area contributed by atoms with Crippen LogP contribution >= 0.6 is 23.4 Å². The molecule has 0 unspecified atom stereocenters. The molecule has 1 aromatic heterocycles. The molecule has 0 radical (unpaired) electrons. The summed E-state index contributed by atoms with van der Waals surface area (Å²) in [5.74, 6) is 0.873. The van der Waals surface area contributed by atoms with E-state index in [1.165, 1.54) is 11.8 Å². The van der Waals surface area contributed by atoms with Crippen LogP contribution in [0.4, 0.5) is 0 Å². The van der Waals surface area contributed by atoms with Crippen LogP contribution < -0.4 is 5.32 Å². The lowest BCUT2D eigenvalue weighted by atomic mass is 10.2. The molecular weight excluding hydrogens is 368 g/mol. The zero-order valence-corrected chi connectivity index (χ0v) is 15.5. The Bertz CT molecular complexity index is 894. The minimum absolute atomic E-state index is 0.0817. The van der Waals surface area contributed by atoms with Crippen molar-refractivity contribution in [1.29, 1.82) is 0 Å². The Labute approximate surface area is 161 Å². The van der Waals surface area contributed by atoms with Gasteiger partial charge < -0.3 is 5.32 Å². The molecule has 26 heavy (non-hydrogen) atoms. The van der Waals surface area contributed by atoms with Gasteiger partial charge in [-0.25, -0.2) is 0 Å². The number of carbonyl (C=O) groups excluding carboxylic acids is 1. The van der Waals surface area contributed by atoms with Crippen molar-refractivity contribution in [3.8, 4) is 17.1 Å². The smallest absolute Gasteiger partial charge is 0.230 e. The Morgan fingerprint density at radius 2 is 1.88 bits per heavy atom. The fourth-order valence-electron chi connectivity index (χ4n) is 2.33. The van der Waals surface area contributed by atoms with Crippen LogP contribution in [0.5, 0.6) is 0 Å². The van der Waals surface area contributed by atoms with Gasteiger partial charge in [-0.2, -0.15) is 0 Å². The van der Waals surface area contributed by atoms with E-state index in [1.807, 2.05) is 59.2 Å². The van der Waals surface area contributed by atoms with Gasteiger partial charge in [0, 0.05) is 22.8 Å². The van der Waals surface area contributed by atoms with Gasteiger partial charge in [-0.05, 0) is 24.3 Å². The largest absolute Gasteiger partial charge is 0.352 e. The van der Waals surface area contributed by atoms with Gasteiger partial charge in [0.2, 0.25) is 5.91 Å². The van der Waals surface area contributed by atoms with Gasteiger partial charge >= 0.3 is 0 Å². The number of nitrogens with zero attached hydrogens (tertiary/aromatic N) is 3. The van der Waals surface area contributed by atoms with Gasteiger partial charge in [-0.15, -0.1) is 16.8 Å². The molecule has 0 saturated carbocycles. The molecule has 1 N–H and O–H groups in total. The van der Waals surface area contributed by atoms with E-state index in [0.717, 1.165) is 11.3 Å². The molecule has 0 fully saturated rings. The highest BCUT2D eigenvalue weighted by Crippen LogP contribution is 2.28. The number of rotatable bonds is 7. The van der Waals surface area contributed by atoms with E-state index in [1.54, 1.807) is 6.08 Å². The maximum atomic E-state index is 11.9. The van der Waals surface area contributed by atoms with Crippen LogP contribution in [-0.2, 0) is 4.79 Å². The Morgan fingerprint density at radius 1 is 1.15 bits per heavy atom. The number of nitrogens with one attached hydrogen (secondary N) is 1. The summed E-state index contributed by atoms with van der Waals surface area (Å²) in [6.45, 7) is 4.03. The lowest BCUT2D eigenvalue weighted by molar-refractivity contribution is -0.118. The van der Waals surface area contributed by atoms with E-state index in [4.69, 9.17) is 11.6 Å². The quantitative estimate of drug-likeness (QED) is 0.494. The van der Waals surface area contributed by atoms with Crippen LogP contribution in [0.2, 0.25) is 5.02 Å². The van der Waals surface area contributed by atoms with Crippen LogP contribution in [0.1, 0.15) is 0 Å². The van der Waals surface area contributed by atoms with Gasteiger partial charge in [-0.3, -0.25) is 9.36 Å². The predicted molar refractivity (Wildman–Crippen MR) is 106 cm³/mol. The Morgan fingerprint density at radius 3 is 2.58 bits per heavy atom. The van der Waals surface area contributed by atoms with Gasteiger partial charge in [0.25, 0.3) is 0 Å². The number of halogens is 1. The Hall–Kier alpha value is -2.57. The SMILES string of the molecule is C=CCNC(=O)CSc1nnc(-c2ccccc2)n1-c1ccc(Cl)cc1. The van der Waals surface area contributed by atoms with Crippen LogP contribution in [0.25, 0.3) is 17.1 Å². The normalized spacial score (nSPS) is 10.5.